The molecule has 0 fully saturated rings. The molecule has 0 aliphatic rings. The zero-order valence-electron chi connectivity index (χ0n) is 17.0. The maximum atomic E-state index is 13.0. The molecule has 0 bridgehead atoms. The Balaban J connectivity index is 1.47. The molecule has 4 rings (SSSR count). The fourth-order valence-corrected chi connectivity index (χ4v) is 4.40. The first-order chi connectivity index (χ1) is 15.0. The molecule has 3 aromatic carbocycles. The van der Waals surface area contributed by atoms with Gasteiger partial charge in [-0.3, -0.25) is 4.98 Å². The van der Waals surface area contributed by atoms with Crippen LogP contribution in [0.3, 0.4) is 0 Å². The van der Waals surface area contributed by atoms with Gasteiger partial charge in [-0.25, -0.2) is 0 Å². The van der Waals surface area contributed by atoms with E-state index in [2.05, 4.69) is 10.3 Å². The molecule has 0 amide bonds. The van der Waals surface area contributed by atoms with Crippen molar-refractivity contribution in [2.45, 2.75) is 11.8 Å². The molecular formula is C24H22N2O4S. The van der Waals surface area contributed by atoms with Crippen molar-refractivity contribution in [3.8, 4) is 11.5 Å². The molecule has 1 aromatic heterocycles. The number of hydrogen-bond acceptors (Lipinski definition) is 6. The number of fused-ring (bicyclic) bond motifs is 1. The summed E-state index contributed by atoms with van der Waals surface area (Å²) in [4.78, 5) is 4.11. The minimum atomic E-state index is -4.01. The van der Waals surface area contributed by atoms with Crippen molar-refractivity contribution in [2.75, 3.05) is 18.5 Å². The lowest BCUT2D eigenvalue weighted by Crippen LogP contribution is -2.12. The largest absolute Gasteiger partial charge is 0.492 e. The van der Waals surface area contributed by atoms with E-state index >= 15 is 0 Å². The zero-order chi connectivity index (χ0) is 21.7. The van der Waals surface area contributed by atoms with E-state index in [1.165, 1.54) is 0 Å². The molecule has 1 heterocycles. The van der Waals surface area contributed by atoms with Gasteiger partial charge in [-0.05, 0) is 48.2 Å². The number of nitrogens with zero attached hydrogens (tertiary/aromatic N) is 1. The third-order valence-electron chi connectivity index (χ3n) is 4.63. The first kappa shape index (κ1) is 20.7. The topological polar surface area (TPSA) is 77.5 Å². The Morgan fingerprint density at radius 2 is 1.65 bits per heavy atom. The number of anilines is 1. The van der Waals surface area contributed by atoms with Crippen LogP contribution in [0.5, 0.6) is 11.5 Å². The monoisotopic (exact) mass is 434 g/mol. The van der Waals surface area contributed by atoms with Crippen LogP contribution in [0.15, 0.2) is 90.1 Å². The van der Waals surface area contributed by atoms with Crippen LogP contribution in [0.25, 0.3) is 10.8 Å². The zero-order valence-corrected chi connectivity index (χ0v) is 17.8. The van der Waals surface area contributed by atoms with Crippen molar-refractivity contribution in [1.29, 1.82) is 0 Å². The van der Waals surface area contributed by atoms with E-state index in [0.717, 1.165) is 16.6 Å². The van der Waals surface area contributed by atoms with Gasteiger partial charge < -0.3 is 14.2 Å². The minimum absolute atomic E-state index is 0.135. The predicted octanol–water partition coefficient (Wildman–Crippen LogP) is 4.80. The van der Waals surface area contributed by atoms with Crippen molar-refractivity contribution in [3.63, 3.8) is 0 Å². The Kier molecular flexibility index (Phi) is 6.04. The first-order valence-corrected chi connectivity index (χ1v) is 11.2. The van der Waals surface area contributed by atoms with E-state index in [-0.39, 0.29) is 10.6 Å². The van der Waals surface area contributed by atoms with Crippen LogP contribution in [0.1, 0.15) is 5.56 Å². The molecule has 31 heavy (non-hydrogen) atoms. The Bertz CT molecular complexity index is 1290. The van der Waals surface area contributed by atoms with Crippen molar-refractivity contribution >= 4 is 26.6 Å². The lowest BCUT2D eigenvalue weighted by Gasteiger charge is -2.13. The van der Waals surface area contributed by atoms with Gasteiger partial charge in [-0.15, -0.1) is 0 Å². The molecule has 158 valence electrons. The lowest BCUT2D eigenvalue weighted by atomic mass is 10.1. The van der Waals surface area contributed by atoms with Gasteiger partial charge in [0.1, 0.15) is 23.0 Å². The molecule has 0 aliphatic heterocycles. The van der Waals surface area contributed by atoms with Crippen LogP contribution < -0.4 is 14.2 Å². The van der Waals surface area contributed by atoms with Crippen molar-refractivity contribution in [3.05, 3.63) is 90.8 Å². The van der Waals surface area contributed by atoms with E-state index < -0.39 is 10.1 Å². The number of pyridine rings is 1. The minimum Gasteiger partial charge on any atom is -0.492 e. The second kappa shape index (κ2) is 9.06. The van der Waals surface area contributed by atoms with Gasteiger partial charge in [0.15, 0.2) is 0 Å². The molecule has 0 saturated heterocycles. The number of ether oxygens (including phenoxy) is 1. The van der Waals surface area contributed by atoms with Crippen LogP contribution in [-0.4, -0.2) is 26.6 Å². The number of benzene rings is 3. The summed E-state index contributed by atoms with van der Waals surface area (Å²) in [6.45, 7) is 2.85. The molecule has 0 radical (unpaired) electrons. The maximum Gasteiger partial charge on any atom is 0.339 e. The molecule has 0 spiro atoms. The second-order valence-electron chi connectivity index (χ2n) is 7.01. The molecule has 0 atom stereocenters. The van der Waals surface area contributed by atoms with Crippen molar-refractivity contribution in [2.24, 2.45) is 0 Å². The van der Waals surface area contributed by atoms with Gasteiger partial charge in [-0.1, -0.05) is 36.4 Å². The summed E-state index contributed by atoms with van der Waals surface area (Å²) in [5.74, 6) is 0.754. The number of nitrogens with one attached hydrogen (secondary N) is 1. The maximum absolute atomic E-state index is 13.0. The number of hydrogen-bond donors (Lipinski definition) is 1. The fourth-order valence-electron chi connectivity index (χ4n) is 3.26. The van der Waals surface area contributed by atoms with E-state index in [0.29, 0.717) is 24.3 Å². The Hall–Kier alpha value is -3.58. The van der Waals surface area contributed by atoms with E-state index in [1.807, 2.05) is 43.3 Å². The highest BCUT2D eigenvalue weighted by Crippen LogP contribution is 2.28. The summed E-state index contributed by atoms with van der Waals surface area (Å²) in [5.41, 5.74) is 1.79. The average molecular weight is 435 g/mol. The Morgan fingerprint density at radius 1 is 0.903 bits per heavy atom. The van der Waals surface area contributed by atoms with Gasteiger partial charge in [0, 0.05) is 36.1 Å². The van der Waals surface area contributed by atoms with Crippen LogP contribution in [0.2, 0.25) is 0 Å². The third-order valence-corrected chi connectivity index (χ3v) is 5.94. The van der Waals surface area contributed by atoms with Crippen LogP contribution in [0.4, 0.5) is 5.69 Å². The summed E-state index contributed by atoms with van der Waals surface area (Å²) in [6.07, 6.45) is 3.42. The van der Waals surface area contributed by atoms with E-state index in [4.69, 9.17) is 8.92 Å². The van der Waals surface area contributed by atoms with Gasteiger partial charge >= 0.3 is 10.1 Å². The second-order valence-corrected chi connectivity index (χ2v) is 8.52. The molecule has 1 N–H and O–H groups in total. The molecule has 4 aromatic rings. The van der Waals surface area contributed by atoms with Gasteiger partial charge in [-0.2, -0.15) is 8.42 Å². The average Bonchev–Trinajstić information content (AvgIpc) is 2.76. The highest BCUT2D eigenvalue weighted by Gasteiger charge is 2.20. The highest BCUT2D eigenvalue weighted by atomic mass is 32.2. The van der Waals surface area contributed by atoms with Crippen molar-refractivity contribution in [1.82, 2.24) is 4.98 Å². The van der Waals surface area contributed by atoms with Crippen LogP contribution >= 0.6 is 0 Å². The van der Waals surface area contributed by atoms with Crippen LogP contribution in [-0.2, 0) is 10.1 Å². The van der Waals surface area contributed by atoms with Gasteiger partial charge in [0.2, 0.25) is 0 Å². The van der Waals surface area contributed by atoms with Crippen LogP contribution in [0, 0.1) is 6.92 Å². The summed E-state index contributed by atoms with van der Waals surface area (Å²) in [7, 11) is -4.01. The predicted molar refractivity (Wildman–Crippen MR) is 121 cm³/mol. The first-order valence-electron chi connectivity index (χ1n) is 9.82. The SMILES string of the molecule is Cc1cc(OCCNc2ccncc2)cc(OS(=O)(=O)c2cccc3ccccc23)c1. The summed E-state index contributed by atoms with van der Waals surface area (Å²) < 4.78 is 37.2. The summed E-state index contributed by atoms with van der Waals surface area (Å²) >= 11 is 0. The van der Waals surface area contributed by atoms with E-state index in [1.54, 1.807) is 48.8 Å². The number of rotatable bonds is 8. The molecule has 0 unspecified atom stereocenters. The van der Waals surface area contributed by atoms with Gasteiger partial charge in [0.05, 0.1) is 0 Å². The lowest BCUT2D eigenvalue weighted by molar-refractivity contribution is 0.331. The summed E-state index contributed by atoms with van der Waals surface area (Å²) in [6, 6.07) is 21.3. The Labute approximate surface area is 181 Å². The molecular weight excluding hydrogens is 412 g/mol. The molecule has 7 heteroatoms. The third kappa shape index (κ3) is 5.13. The molecule has 0 aliphatic carbocycles. The number of aromatic nitrogens is 1. The fraction of sp³-hybridized carbons (Fsp3) is 0.125. The highest BCUT2D eigenvalue weighted by molar-refractivity contribution is 7.87. The van der Waals surface area contributed by atoms with Gasteiger partial charge in [0.25, 0.3) is 0 Å². The number of aryl methyl sites for hydroxylation is 1. The molecule has 6 nitrogen and oxygen atoms in total. The Morgan fingerprint density at radius 3 is 2.48 bits per heavy atom. The quantitative estimate of drug-likeness (QED) is 0.317. The van der Waals surface area contributed by atoms with E-state index in [9.17, 15) is 8.42 Å². The molecule has 0 saturated carbocycles. The summed E-state index contributed by atoms with van der Waals surface area (Å²) in [5, 5.41) is 4.69. The normalized spacial score (nSPS) is 11.3. The van der Waals surface area contributed by atoms with Crippen molar-refractivity contribution < 1.29 is 17.3 Å². The standard InChI is InChI=1S/C24H22N2O4S/c1-18-15-21(29-14-13-26-20-9-11-25-12-10-20)17-22(16-18)30-31(27,28)24-8-4-6-19-5-2-3-7-23(19)24/h2-12,15-17H,13-14H2,1H3,(H,25,26). The smallest absolute Gasteiger partial charge is 0.339 e.